The molecule has 146 valence electrons. The van der Waals surface area contributed by atoms with E-state index in [0.29, 0.717) is 11.7 Å². The first-order chi connectivity index (χ1) is 13.4. The average Bonchev–Trinajstić information content (AvgIpc) is 2.67. The zero-order valence-corrected chi connectivity index (χ0v) is 17.6. The summed E-state index contributed by atoms with van der Waals surface area (Å²) in [7, 11) is 0. The number of rotatable bonds is 6. The molecule has 4 nitrogen and oxygen atoms in total. The minimum atomic E-state index is -0.237. The number of ketones is 1. The van der Waals surface area contributed by atoms with Crippen molar-refractivity contribution in [3.05, 3.63) is 76.5 Å². The van der Waals surface area contributed by atoms with E-state index >= 15 is 0 Å². The Labute approximate surface area is 172 Å². The standard InChI is InChI=1S/C23H26N2O2S/c1-5-25-16(3)21(17(4)26)22(24-23(25)28)19-10-12-20(13-11-19)27-14-18-8-6-15(2)7-9-18/h6-13,22H,5,14H2,1-4H3,(H,24,28). The second kappa shape index (κ2) is 8.57. The summed E-state index contributed by atoms with van der Waals surface area (Å²) in [6.07, 6.45) is 0. The van der Waals surface area contributed by atoms with Crippen molar-refractivity contribution < 1.29 is 9.53 Å². The second-order valence-electron chi connectivity index (χ2n) is 7.03. The van der Waals surface area contributed by atoms with Gasteiger partial charge in [0.05, 0.1) is 6.04 Å². The third-order valence-electron chi connectivity index (χ3n) is 5.03. The number of benzene rings is 2. The van der Waals surface area contributed by atoms with Crippen molar-refractivity contribution in [1.29, 1.82) is 0 Å². The topological polar surface area (TPSA) is 41.6 Å². The highest BCUT2D eigenvalue weighted by atomic mass is 32.1. The SMILES string of the molecule is CCN1C(=S)NC(c2ccc(OCc3ccc(C)cc3)cc2)C(C(C)=O)=C1C. The van der Waals surface area contributed by atoms with Crippen molar-refractivity contribution >= 4 is 23.1 Å². The average molecular weight is 395 g/mol. The van der Waals surface area contributed by atoms with Crippen molar-refractivity contribution in [2.75, 3.05) is 6.54 Å². The lowest BCUT2D eigenvalue weighted by atomic mass is 9.92. The predicted octanol–water partition coefficient (Wildman–Crippen LogP) is 4.69. The number of carbonyl (C=O) groups excluding carboxylic acids is 1. The number of aryl methyl sites for hydroxylation is 1. The Morgan fingerprint density at radius 2 is 1.75 bits per heavy atom. The van der Waals surface area contributed by atoms with E-state index in [1.807, 2.05) is 43.0 Å². The summed E-state index contributed by atoms with van der Waals surface area (Å²) in [6.45, 7) is 8.91. The van der Waals surface area contributed by atoms with Gasteiger partial charge in [0.25, 0.3) is 0 Å². The smallest absolute Gasteiger partial charge is 0.173 e. The summed E-state index contributed by atoms with van der Waals surface area (Å²) in [4.78, 5) is 14.3. The number of nitrogens with zero attached hydrogens (tertiary/aromatic N) is 1. The Kier molecular flexibility index (Phi) is 6.15. The summed E-state index contributed by atoms with van der Waals surface area (Å²) >= 11 is 5.50. The highest BCUT2D eigenvalue weighted by molar-refractivity contribution is 7.80. The van der Waals surface area contributed by atoms with Crippen molar-refractivity contribution in [3.63, 3.8) is 0 Å². The van der Waals surface area contributed by atoms with Gasteiger partial charge in [0, 0.05) is 17.8 Å². The van der Waals surface area contributed by atoms with Gasteiger partial charge in [0.2, 0.25) is 0 Å². The molecule has 1 N–H and O–H groups in total. The largest absolute Gasteiger partial charge is 0.489 e. The van der Waals surface area contributed by atoms with Gasteiger partial charge in [0.15, 0.2) is 10.9 Å². The molecule has 0 bridgehead atoms. The maximum Gasteiger partial charge on any atom is 0.173 e. The van der Waals surface area contributed by atoms with Gasteiger partial charge in [-0.1, -0.05) is 42.0 Å². The van der Waals surface area contributed by atoms with Gasteiger partial charge < -0.3 is 15.0 Å². The molecule has 0 saturated heterocycles. The molecule has 1 aliphatic rings. The normalized spacial score (nSPS) is 16.8. The molecule has 0 aromatic heterocycles. The molecule has 0 amide bonds. The maximum atomic E-state index is 12.3. The van der Waals surface area contributed by atoms with Crippen LogP contribution in [0.5, 0.6) is 5.75 Å². The zero-order chi connectivity index (χ0) is 20.3. The molecule has 1 atom stereocenters. The number of nitrogens with one attached hydrogen (secondary N) is 1. The highest BCUT2D eigenvalue weighted by Crippen LogP contribution is 2.31. The lowest BCUT2D eigenvalue weighted by Crippen LogP contribution is -2.47. The van der Waals surface area contributed by atoms with E-state index < -0.39 is 0 Å². The van der Waals surface area contributed by atoms with Gasteiger partial charge in [-0.15, -0.1) is 0 Å². The molecule has 1 unspecified atom stereocenters. The van der Waals surface area contributed by atoms with Crippen LogP contribution in [0.2, 0.25) is 0 Å². The van der Waals surface area contributed by atoms with Crippen molar-refractivity contribution in [2.24, 2.45) is 0 Å². The van der Waals surface area contributed by atoms with Crippen LogP contribution in [-0.2, 0) is 11.4 Å². The van der Waals surface area contributed by atoms with Crippen LogP contribution < -0.4 is 10.1 Å². The summed E-state index contributed by atoms with van der Waals surface area (Å²) in [5.74, 6) is 0.846. The molecule has 0 aliphatic carbocycles. The Balaban J connectivity index is 1.78. The molecule has 0 radical (unpaired) electrons. The van der Waals surface area contributed by atoms with Crippen molar-refractivity contribution in [3.8, 4) is 5.75 Å². The quantitative estimate of drug-likeness (QED) is 0.720. The van der Waals surface area contributed by atoms with Gasteiger partial charge in [-0.2, -0.15) is 0 Å². The summed E-state index contributed by atoms with van der Waals surface area (Å²) in [5.41, 5.74) is 5.03. The minimum absolute atomic E-state index is 0.0515. The first-order valence-electron chi connectivity index (χ1n) is 9.48. The maximum absolute atomic E-state index is 12.3. The number of hydrogen-bond donors (Lipinski definition) is 1. The van der Waals surface area contributed by atoms with Crippen LogP contribution in [0.25, 0.3) is 0 Å². The van der Waals surface area contributed by atoms with E-state index in [0.717, 1.165) is 34.7 Å². The Bertz CT molecular complexity index is 901. The van der Waals surface area contributed by atoms with Gasteiger partial charge in [-0.25, -0.2) is 0 Å². The molecular weight excluding hydrogens is 368 g/mol. The fraction of sp³-hybridized carbons (Fsp3) is 0.304. The summed E-state index contributed by atoms with van der Waals surface area (Å²) in [5, 5.41) is 3.96. The Morgan fingerprint density at radius 1 is 1.11 bits per heavy atom. The molecular formula is C23H26N2O2S. The van der Waals surface area contributed by atoms with Crippen molar-refractivity contribution in [2.45, 2.75) is 40.3 Å². The number of Topliss-reactive ketones (excluding diaryl/α,β-unsaturated/α-hetero) is 1. The molecule has 5 heteroatoms. The lowest BCUT2D eigenvalue weighted by Gasteiger charge is -2.37. The van der Waals surface area contributed by atoms with Crippen LogP contribution >= 0.6 is 12.2 Å². The minimum Gasteiger partial charge on any atom is -0.489 e. The highest BCUT2D eigenvalue weighted by Gasteiger charge is 2.31. The van der Waals surface area contributed by atoms with Gasteiger partial charge in [-0.3, -0.25) is 4.79 Å². The van der Waals surface area contributed by atoms with E-state index in [2.05, 4.69) is 36.5 Å². The molecule has 28 heavy (non-hydrogen) atoms. The third kappa shape index (κ3) is 4.25. The molecule has 1 heterocycles. The molecule has 1 aliphatic heterocycles. The molecule has 2 aromatic carbocycles. The fourth-order valence-corrected chi connectivity index (χ4v) is 3.86. The van der Waals surface area contributed by atoms with E-state index in [9.17, 15) is 4.79 Å². The first-order valence-corrected chi connectivity index (χ1v) is 9.89. The van der Waals surface area contributed by atoms with Crippen LogP contribution in [0.15, 0.2) is 59.8 Å². The van der Waals surface area contributed by atoms with E-state index in [4.69, 9.17) is 17.0 Å². The van der Waals surface area contributed by atoms with Crippen LogP contribution in [0.1, 0.15) is 43.5 Å². The van der Waals surface area contributed by atoms with E-state index in [1.165, 1.54) is 5.56 Å². The van der Waals surface area contributed by atoms with Crippen LogP contribution in [-0.4, -0.2) is 22.3 Å². The molecule has 2 aromatic rings. The summed E-state index contributed by atoms with van der Waals surface area (Å²) < 4.78 is 5.89. The van der Waals surface area contributed by atoms with Crippen LogP contribution in [0.4, 0.5) is 0 Å². The number of hydrogen-bond acceptors (Lipinski definition) is 3. The van der Waals surface area contributed by atoms with Crippen LogP contribution in [0.3, 0.4) is 0 Å². The summed E-state index contributed by atoms with van der Waals surface area (Å²) in [6, 6.07) is 15.9. The van der Waals surface area contributed by atoms with Crippen LogP contribution in [0, 0.1) is 6.92 Å². The number of thiocarbonyl (C=S) groups is 1. The third-order valence-corrected chi connectivity index (χ3v) is 5.37. The Hall–Kier alpha value is -2.66. The lowest BCUT2D eigenvalue weighted by molar-refractivity contribution is -0.114. The molecule has 3 rings (SSSR count). The van der Waals surface area contributed by atoms with E-state index in [-0.39, 0.29) is 11.8 Å². The zero-order valence-electron chi connectivity index (χ0n) is 16.8. The van der Waals surface area contributed by atoms with Gasteiger partial charge >= 0.3 is 0 Å². The predicted molar refractivity (Wildman–Crippen MR) is 116 cm³/mol. The van der Waals surface area contributed by atoms with Gasteiger partial charge in [-0.05, 0) is 63.2 Å². The number of ether oxygens (including phenoxy) is 1. The molecule has 0 saturated carbocycles. The monoisotopic (exact) mass is 394 g/mol. The number of carbonyl (C=O) groups is 1. The fourth-order valence-electron chi connectivity index (χ4n) is 3.48. The number of allylic oxidation sites excluding steroid dienone is 1. The molecule has 0 fully saturated rings. The van der Waals surface area contributed by atoms with E-state index in [1.54, 1.807) is 6.92 Å². The first kappa shape index (κ1) is 20.1. The van der Waals surface area contributed by atoms with Crippen molar-refractivity contribution in [1.82, 2.24) is 10.2 Å². The second-order valence-corrected chi connectivity index (χ2v) is 7.41. The molecule has 0 spiro atoms. The Morgan fingerprint density at radius 3 is 2.32 bits per heavy atom. The van der Waals surface area contributed by atoms with Gasteiger partial charge in [0.1, 0.15) is 12.4 Å².